The summed E-state index contributed by atoms with van der Waals surface area (Å²) in [5.74, 6) is 2.06. The van der Waals surface area contributed by atoms with Crippen molar-refractivity contribution in [3.8, 4) is 0 Å². The monoisotopic (exact) mass is 335 g/mol. The molecule has 2 aromatic heterocycles. The van der Waals surface area contributed by atoms with Gasteiger partial charge < -0.3 is 9.47 Å². The number of thioether (sulfide) groups is 1. The number of hydrogen-bond donors (Lipinski definition) is 0. The maximum atomic E-state index is 12.3. The summed E-state index contributed by atoms with van der Waals surface area (Å²) in [6.07, 6.45) is 6.59. The number of carbonyl (C=O) groups is 1. The van der Waals surface area contributed by atoms with E-state index >= 15 is 0 Å². The molecule has 0 unspecified atom stereocenters. The number of imidazole rings is 1. The highest BCUT2D eigenvalue weighted by molar-refractivity contribution is 7.99. The summed E-state index contributed by atoms with van der Waals surface area (Å²) in [5, 5.41) is 3.11. The van der Waals surface area contributed by atoms with Crippen LogP contribution in [0.15, 0.2) is 35.1 Å². The number of aromatic nitrogens is 2. The summed E-state index contributed by atoms with van der Waals surface area (Å²) in [4.78, 5) is 19.8. The standard InChI is InChI=1S/C16H21N3OS2/c1-18-9-6-17-16(18)22-12-13-4-7-19(8-5-13)15(20)11-14-3-2-10-21-14/h2-3,6,9-10,13H,4-5,7-8,11-12H2,1H3. The molecule has 0 spiro atoms. The van der Waals surface area contributed by atoms with Crippen LogP contribution in [0.25, 0.3) is 0 Å². The molecule has 1 fully saturated rings. The summed E-state index contributed by atoms with van der Waals surface area (Å²) in [6.45, 7) is 1.80. The molecule has 1 aliphatic rings. The van der Waals surface area contributed by atoms with Crippen molar-refractivity contribution in [2.75, 3.05) is 18.8 Å². The fourth-order valence-electron chi connectivity index (χ4n) is 2.71. The molecule has 1 amide bonds. The van der Waals surface area contributed by atoms with Gasteiger partial charge in [0.15, 0.2) is 5.16 Å². The van der Waals surface area contributed by atoms with E-state index in [0.29, 0.717) is 12.3 Å². The van der Waals surface area contributed by atoms with E-state index in [-0.39, 0.29) is 5.91 Å². The molecule has 0 bridgehead atoms. The number of likely N-dealkylation sites (tertiary alicyclic amines) is 1. The van der Waals surface area contributed by atoms with E-state index in [1.54, 1.807) is 11.3 Å². The molecule has 6 heteroatoms. The van der Waals surface area contributed by atoms with E-state index in [0.717, 1.165) is 41.7 Å². The molecule has 3 heterocycles. The van der Waals surface area contributed by atoms with Crippen molar-refractivity contribution >= 4 is 29.0 Å². The third-order valence-electron chi connectivity index (χ3n) is 4.10. The van der Waals surface area contributed by atoms with E-state index in [9.17, 15) is 4.79 Å². The molecular weight excluding hydrogens is 314 g/mol. The first kappa shape index (κ1) is 15.6. The Hall–Kier alpha value is -1.27. The Kier molecular flexibility index (Phi) is 5.20. The van der Waals surface area contributed by atoms with Gasteiger partial charge in [0, 0.05) is 43.2 Å². The van der Waals surface area contributed by atoms with Crippen LogP contribution in [0.1, 0.15) is 17.7 Å². The molecule has 1 aliphatic heterocycles. The third-order valence-corrected chi connectivity index (χ3v) is 6.26. The first-order valence-electron chi connectivity index (χ1n) is 7.62. The van der Waals surface area contributed by atoms with Crippen LogP contribution < -0.4 is 0 Å². The van der Waals surface area contributed by atoms with Crippen LogP contribution in [0.2, 0.25) is 0 Å². The summed E-state index contributed by atoms with van der Waals surface area (Å²) in [7, 11) is 2.03. The highest BCUT2D eigenvalue weighted by atomic mass is 32.2. The minimum atomic E-state index is 0.276. The number of rotatable bonds is 5. The minimum absolute atomic E-state index is 0.276. The van der Waals surface area contributed by atoms with Crippen LogP contribution >= 0.6 is 23.1 Å². The Morgan fingerprint density at radius 1 is 1.45 bits per heavy atom. The number of amides is 1. The number of hydrogen-bond acceptors (Lipinski definition) is 4. The zero-order valence-corrected chi connectivity index (χ0v) is 14.4. The van der Waals surface area contributed by atoms with Crippen LogP contribution in [0, 0.1) is 5.92 Å². The number of thiophene rings is 1. The second-order valence-corrected chi connectivity index (χ2v) is 7.73. The molecule has 0 saturated carbocycles. The summed E-state index contributed by atoms with van der Waals surface area (Å²) < 4.78 is 2.06. The maximum absolute atomic E-state index is 12.3. The molecule has 0 aliphatic carbocycles. The van der Waals surface area contributed by atoms with Gasteiger partial charge in [-0.3, -0.25) is 4.79 Å². The summed E-state index contributed by atoms with van der Waals surface area (Å²) in [5.41, 5.74) is 0. The Morgan fingerprint density at radius 3 is 2.91 bits per heavy atom. The Balaban J connectivity index is 1.42. The Labute approximate surface area is 139 Å². The lowest BCUT2D eigenvalue weighted by atomic mass is 9.99. The molecule has 1 saturated heterocycles. The molecule has 0 aromatic carbocycles. The largest absolute Gasteiger partial charge is 0.342 e. The van der Waals surface area contributed by atoms with Gasteiger partial charge in [-0.2, -0.15) is 0 Å². The number of piperidine rings is 1. The fourth-order valence-corrected chi connectivity index (χ4v) is 4.52. The minimum Gasteiger partial charge on any atom is -0.342 e. The lowest BCUT2D eigenvalue weighted by Gasteiger charge is -2.31. The normalized spacial score (nSPS) is 16.1. The number of aryl methyl sites for hydroxylation is 1. The molecule has 0 atom stereocenters. The molecule has 118 valence electrons. The van der Waals surface area contributed by atoms with Crippen molar-refractivity contribution in [1.29, 1.82) is 0 Å². The first-order valence-corrected chi connectivity index (χ1v) is 9.49. The predicted molar refractivity (Wildman–Crippen MR) is 91.3 cm³/mol. The molecule has 0 radical (unpaired) electrons. The van der Waals surface area contributed by atoms with Crippen molar-refractivity contribution in [2.45, 2.75) is 24.4 Å². The predicted octanol–water partition coefficient (Wildman–Crippen LogP) is 3.06. The van der Waals surface area contributed by atoms with Gasteiger partial charge in [0.05, 0.1) is 6.42 Å². The average Bonchev–Trinajstić information content (AvgIpc) is 3.17. The third kappa shape index (κ3) is 3.93. The summed E-state index contributed by atoms with van der Waals surface area (Å²) >= 11 is 3.49. The molecule has 2 aromatic rings. The van der Waals surface area contributed by atoms with Gasteiger partial charge in [-0.05, 0) is 30.2 Å². The topological polar surface area (TPSA) is 38.1 Å². The first-order chi connectivity index (χ1) is 10.7. The van der Waals surface area contributed by atoms with Gasteiger partial charge in [-0.25, -0.2) is 4.98 Å². The van der Waals surface area contributed by atoms with Crippen LogP contribution in [-0.4, -0.2) is 39.2 Å². The molecule has 3 rings (SSSR count). The van der Waals surface area contributed by atoms with E-state index in [1.807, 2.05) is 53.6 Å². The Bertz CT molecular complexity index is 601. The number of carbonyl (C=O) groups excluding carboxylic acids is 1. The molecule has 0 N–H and O–H groups in total. The smallest absolute Gasteiger partial charge is 0.227 e. The van der Waals surface area contributed by atoms with Crippen molar-refractivity contribution in [2.24, 2.45) is 13.0 Å². The quantitative estimate of drug-likeness (QED) is 0.788. The van der Waals surface area contributed by atoms with Crippen molar-refractivity contribution in [3.05, 3.63) is 34.8 Å². The van der Waals surface area contributed by atoms with E-state index < -0.39 is 0 Å². The van der Waals surface area contributed by atoms with Gasteiger partial charge >= 0.3 is 0 Å². The SMILES string of the molecule is Cn1ccnc1SCC1CCN(C(=O)Cc2cccs2)CC1. The van der Waals surface area contributed by atoms with Crippen molar-refractivity contribution in [1.82, 2.24) is 14.5 Å². The lowest BCUT2D eigenvalue weighted by Crippen LogP contribution is -2.39. The van der Waals surface area contributed by atoms with Crippen molar-refractivity contribution < 1.29 is 4.79 Å². The second kappa shape index (κ2) is 7.33. The van der Waals surface area contributed by atoms with E-state index in [4.69, 9.17) is 0 Å². The van der Waals surface area contributed by atoms with Crippen LogP contribution in [0.5, 0.6) is 0 Å². The zero-order valence-electron chi connectivity index (χ0n) is 12.8. The van der Waals surface area contributed by atoms with Gasteiger partial charge in [0.1, 0.15) is 0 Å². The lowest BCUT2D eigenvalue weighted by molar-refractivity contribution is -0.131. The van der Waals surface area contributed by atoms with Crippen LogP contribution in [0.4, 0.5) is 0 Å². The van der Waals surface area contributed by atoms with Crippen LogP contribution in [0.3, 0.4) is 0 Å². The highest BCUT2D eigenvalue weighted by Crippen LogP contribution is 2.25. The summed E-state index contributed by atoms with van der Waals surface area (Å²) in [6, 6.07) is 4.05. The van der Waals surface area contributed by atoms with Gasteiger partial charge in [0.2, 0.25) is 5.91 Å². The van der Waals surface area contributed by atoms with E-state index in [1.165, 1.54) is 0 Å². The van der Waals surface area contributed by atoms with Gasteiger partial charge in [0.25, 0.3) is 0 Å². The van der Waals surface area contributed by atoms with Crippen LogP contribution in [-0.2, 0) is 18.3 Å². The van der Waals surface area contributed by atoms with Crippen molar-refractivity contribution in [3.63, 3.8) is 0 Å². The fraction of sp³-hybridized carbons (Fsp3) is 0.500. The zero-order chi connectivity index (χ0) is 15.4. The Morgan fingerprint density at radius 2 is 2.27 bits per heavy atom. The van der Waals surface area contributed by atoms with Gasteiger partial charge in [-0.15, -0.1) is 11.3 Å². The average molecular weight is 335 g/mol. The molecule has 4 nitrogen and oxygen atoms in total. The molecular formula is C16H21N3OS2. The number of nitrogens with zero attached hydrogens (tertiary/aromatic N) is 3. The second-order valence-electron chi connectivity index (χ2n) is 5.71. The molecule has 22 heavy (non-hydrogen) atoms. The highest BCUT2D eigenvalue weighted by Gasteiger charge is 2.23. The van der Waals surface area contributed by atoms with Gasteiger partial charge in [-0.1, -0.05) is 17.8 Å². The van der Waals surface area contributed by atoms with E-state index in [2.05, 4.69) is 9.55 Å². The maximum Gasteiger partial charge on any atom is 0.227 e.